The third-order valence-corrected chi connectivity index (χ3v) is 13.2. The molecule has 7 rings (SSSR count). The molecule has 312 valence electrons. The van der Waals surface area contributed by atoms with Crippen molar-refractivity contribution in [3.8, 4) is 23.0 Å². The maximum atomic E-state index is 14.7. The molecule has 1 fully saturated rings. The number of esters is 2. The van der Waals surface area contributed by atoms with Crippen molar-refractivity contribution < 1.29 is 43.9 Å². The first-order valence-corrected chi connectivity index (χ1v) is 21.2. The molecule has 0 spiro atoms. The first-order valence-electron chi connectivity index (χ1n) is 21.2. The molecule has 0 aromatic heterocycles. The zero-order valence-corrected chi connectivity index (χ0v) is 34.7. The molecular weight excluding hydrogens is 745 g/mol. The summed E-state index contributed by atoms with van der Waals surface area (Å²) in [7, 11) is 3.09. The summed E-state index contributed by atoms with van der Waals surface area (Å²) in [5, 5.41) is 32.1. The van der Waals surface area contributed by atoms with Crippen LogP contribution < -0.4 is 9.47 Å². The van der Waals surface area contributed by atoms with Gasteiger partial charge in [0.15, 0.2) is 23.0 Å². The second kappa shape index (κ2) is 18.3. The highest BCUT2D eigenvalue weighted by Crippen LogP contribution is 2.60. The summed E-state index contributed by atoms with van der Waals surface area (Å²) in [4.78, 5) is 27.8. The molecule has 59 heavy (non-hydrogen) atoms. The van der Waals surface area contributed by atoms with E-state index >= 15 is 0 Å². The monoisotopic (exact) mass is 802 g/mol. The van der Waals surface area contributed by atoms with Gasteiger partial charge in [-0.3, -0.25) is 9.59 Å². The summed E-state index contributed by atoms with van der Waals surface area (Å²) in [6, 6.07) is 25.2. The van der Waals surface area contributed by atoms with Crippen molar-refractivity contribution in [2.75, 3.05) is 14.2 Å². The van der Waals surface area contributed by atoms with Crippen molar-refractivity contribution in [2.24, 2.45) is 17.3 Å². The first-order chi connectivity index (χ1) is 28.6. The third-order valence-electron chi connectivity index (χ3n) is 13.2. The number of hydrogen-bond acceptors (Lipinski definition) is 9. The van der Waals surface area contributed by atoms with Crippen LogP contribution in [0.2, 0.25) is 0 Å². The third kappa shape index (κ3) is 8.86. The lowest BCUT2D eigenvalue weighted by molar-refractivity contribution is -0.165. The van der Waals surface area contributed by atoms with Crippen molar-refractivity contribution in [2.45, 2.75) is 109 Å². The molecule has 3 aliphatic carbocycles. The second-order valence-electron chi connectivity index (χ2n) is 16.7. The van der Waals surface area contributed by atoms with Crippen molar-refractivity contribution in [1.82, 2.24) is 0 Å². The Bertz CT molecular complexity index is 2140. The van der Waals surface area contributed by atoms with Crippen LogP contribution >= 0.6 is 0 Å². The van der Waals surface area contributed by atoms with E-state index in [0.717, 1.165) is 64.6 Å². The van der Waals surface area contributed by atoms with Crippen LogP contribution in [-0.4, -0.2) is 53.7 Å². The highest BCUT2D eigenvalue weighted by molar-refractivity contribution is 5.78. The second-order valence-corrected chi connectivity index (χ2v) is 16.7. The van der Waals surface area contributed by atoms with Gasteiger partial charge in [-0.15, -0.1) is 0 Å². The van der Waals surface area contributed by atoms with Gasteiger partial charge in [-0.2, -0.15) is 0 Å². The number of unbranched alkanes of at least 4 members (excludes halogenated alkanes) is 2. The highest BCUT2D eigenvalue weighted by Gasteiger charge is 2.56. The fourth-order valence-corrected chi connectivity index (χ4v) is 10.5. The largest absolute Gasteiger partial charge is 0.504 e. The van der Waals surface area contributed by atoms with E-state index in [-0.39, 0.29) is 48.2 Å². The van der Waals surface area contributed by atoms with Crippen LogP contribution in [0.4, 0.5) is 0 Å². The topological polar surface area (TPSA) is 132 Å². The lowest BCUT2D eigenvalue weighted by Crippen LogP contribution is -2.54. The van der Waals surface area contributed by atoms with Gasteiger partial charge >= 0.3 is 11.9 Å². The number of benzene rings is 4. The SMILES string of the molecule is CCCCCC(C(=O)OC1CC(OC(C)=O)C2Cc3cc(OC)c(O)cc3CC2(C=Cc2ccccc2)C2CCc3cc(O)c(OC)cc3C2C1)c1cccc(CO)c1. The number of phenols is 2. The Morgan fingerprint density at radius 3 is 2.31 bits per heavy atom. The number of allylic oxidation sites excluding steroid dienone is 1. The van der Waals surface area contributed by atoms with E-state index in [1.54, 1.807) is 14.2 Å². The summed E-state index contributed by atoms with van der Waals surface area (Å²) >= 11 is 0. The number of aromatic hydroxyl groups is 2. The number of methoxy groups -OCH3 is 2. The van der Waals surface area contributed by atoms with Gasteiger partial charge in [-0.25, -0.2) is 0 Å². The van der Waals surface area contributed by atoms with Gasteiger partial charge in [0.1, 0.15) is 12.2 Å². The van der Waals surface area contributed by atoms with Gasteiger partial charge in [-0.05, 0) is 114 Å². The molecule has 9 heteroatoms. The van der Waals surface area contributed by atoms with Gasteiger partial charge in [0, 0.05) is 24.7 Å². The van der Waals surface area contributed by atoms with Crippen LogP contribution in [0.25, 0.3) is 6.08 Å². The molecule has 4 aromatic carbocycles. The van der Waals surface area contributed by atoms with Crippen LogP contribution in [0, 0.1) is 17.3 Å². The summed E-state index contributed by atoms with van der Waals surface area (Å²) in [6.07, 6.45) is 10.0. The van der Waals surface area contributed by atoms with Crippen LogP contribution in [0.5, 0.6) is 23.0 Å². The van der Waals surface area contributed by atoms with Crippen molar-refractivity contribution >= 4 is 18.0 Å². The van der Waals surface area contributed by atoms with Crippen LogP contribution in [-0.2, 0) is 44.9 Å². The zero-order valence-electron chi connectivity index (χ0n) is 34.7. The summed E-state index contributed by atoms with van der Waals surface area (Å²) < 4.78 is 24.4. The summed E-state index contributed by atoms with van der Waals surface area (Å²) in [6.45, 7) is 3.44. The van der Waals surface area contributed by atoms with E-state index < -0.39 is 29.5 Å². The molecule has 0 saturated heterocycles. The maximum Gasteiger partial charge on any atom is 0.313 e. The average molecular weight is 803 g/mol. The number of carbonyl (C=O) groups excluding carboxylic acids is 2. The molecule has 4 aromatic rings. The lowest BCUT2D eigenvalue weighted by Gasteiger charge is -2.56. The minimum absolute atomic E-state index is 0.0345. The molecule has 7 atom stereocenters. The van der Waals surface area contributed by atoms with E-state index in [9.17, 15) is 24.9 Å². The van der Waals surface area contributed by atoms with E-state index in [2.05, 4.69) is 31.2 Å². The number of rotatable bonds is 13. The number of aliphatic hydroxyl groups is 1. The minimum Gasteiger partial charge on any atom is -0.504 e. The Balaban J connectivity index is 1.39. The molecule has 0 heterocycles. The normalized spacial score (nSPS) is 24.0. The van der Waals surface area contributed by atoms with E-state index in [0.29, 0.717) is 43.6 Å². The van der Waals surface area contributed by atoms with Gasteiger partial charge in [0.05, 0.1) is 26.7 Å². The van der Waals surface area contributed by atoms with E-state index in [1.165, 1.54) is 6.92 Å². The predicted octanol–water partition coefficient (Wildman–Crippen LogP) is 9.37. The van der Waals surface area contributed by atoms with Gasteiger partial charge in [-0.1, -0.05) is 92.9 Å². The predicted molar refractivity (Wildman–Crippen MR) is 227 cm³/mol. The Morgan fingerprint density at radius 1 is 0.847 bits per heavy atom. The Morgan fingerprint density at radius 2 is 1.59 bits per heavy atom. The standard InChI is InChI=1S/C50H58O9/c1-5-6-8-16-39(34-15-11-14-33(21-34)30-51)49(55)59-38-26-41-40-28-48(57-4)44(53)23-35(40)17-18-42(41)50(20-19-32-12-9-7-10-13-32)29-37-24-45(54)47(56-3)25-36(37)22-43(50)46(27-38)58-31(2)52/h7,9-15,19-21,23-25,28,38-39,41-43,46,51,53-54H,5-6,8,16-18,22,26-27,29-30H2,1-4H3. The Kier molecular flexibility index (Phi) is 13.0. The first kappa shape index (κ1) is 41.9. The molecule has 0 bridgehead atoms. The number of phenolic OH excluding ortho intramolecular Hbond substituents is 2. The Hall–Kier alpha value is -5.28. The smallest absolute Gasteiger partial charge is 0.313 e. The summed E-state index contributed by atoms with van der Waals surface area (Å²) in [5.41, 5.74) is 6.11. The number of carbonyl (C=O) groups is 2. The average Bonchev–Trinajstić information content (AvgIpc) is 3.23. The lowest BCUT2D eigenvalue weighted by atomic mass is 9.49. The number of aliphatic hydroxyl groups excluding tert-OH is 1. The maximum absolute atomic E-state index is 14.7. The number of ether oxygens (including phenoxy) is 4. The summed E-state index contributed by atoms with van der Waals surface area (Å²) in [5.74, 6) is -0.766. The Labute approximate surface area is 348 Å². The van der Waals surface area contributed by atoms with Crippen LogP contribution in [0.15, 0.2) is 84.9 Å². The molecule has 1 saturated carbocycles. The van der Waals surface area contributed by atoms with Crippen molar-refractivity contribution in [3.05, 3.63) is 124 Å². The fourth-order valence-electron chi connectivity index (χ4n) is 10.5. The minimum atomic E-state index is -0.619. The molecule has 3 aliphatic rings. The molecule has 3 N–H and O–H groups in total. The van der Waals surface area contributed by atoms with Gasteiger partial charge in [0.2, 0.25) is 0 Å². The van der Waals surface area contributed by atoms with E-state index in [1.807, 2.05) is 66.7 Å². The number of fused-ring (bicyclic) bond motifs is 6. The molecule has 0 radical (unpaired) electrons. The fraction of sp³-hybridized carbons (Fsp3) is 0.440. The van der Waals surface area contributed by atoms with Crippen LogP contribution in [0.1, 0.15) is 110 Å². The molecule has 9 nitrogen and oxygen atoms in total. The molecule has 0 amide bonds. The van der Waals surface area contributed by atoms with Crippen LogP contribution in [0.3, 0.4) is 0 Å². The van der Waals surface area contributed by atoms with Crippen molar-refractivity contribution in [3.63, 3.8) is 0 Å². The zero-order chi connectivity index (χ0) is 41.7. The highest BCUT2D eigenvalue weighted by atomic mass is 16.6. The van der Waals surface area contributed by atoms with E-state index in [4.69, 9.17) is 18.9 Å². The van der Waals surface area contributed by atoms with Gasteiger partial charge in [0.25, 0.3) is 0 Å². The number of hydrogen-bond donors (Lipinski definition) is 3. The molecule has 7 unspecified atom stereocenters. The molecule has 0 aliphatic heterocycles. The van der Waals surface area contributed by atoms with Gasteiger partial charge < -0.3 is 34.3 Å². The molecular formula is C50H58O9. The van der Waals surface area contributed by atoms with Crippen molar-refractivity contribution in [1.29, 1.82) is 0 Å². The number of aryl methyl sites for hydroxylation is 1. The quantitative estimate of drug-likeness (QED) is 0.0894.